The molecule has 1 aromatic carbocycles. The van der Waals surface area contributed by atoms with E-state index in [2.05, 4.69) is 10.6 Å². The average Bonchev–Trinajstić information content (AvgIpc) is 2.54. The van der Waals surface area contributed by atoms with Crippen LogP contribution in [0.15, 0.2) is 24.3 Å². The summed E-state index contributed by atoms with van der Waals surface area (Å²) in [6.07, 6.45) is 1.78. The van der Waals surface area contributed by atoms with Gasteiger partial charge in [-0.05, 0) is 38.2 Å². The number of carboxylic acids is 1. The molecule has 0 unspecified atom stereocenters. The van der Waals surface area contributed by atoms with Gasteiger partial charge in [0.1, 0.15) is 0 Å². The van der Waals surface area contributed by atoms with Gasteiger partial charge in [0.05, 0.1) is 12.0 Å². The second-order valence-electron chi connectivity index (χ2n) is 6.17. The third-order valence-corrected chi connectivity index (χ3v) is 4.33. The molecule has 0 bridgehead atoms. The number of amides is 2. The molecule has 23 heavy (non-hydrogen) atoms. The van der Waals surface area contributed by atoms with Crippen LogP contribution in [0.3, 0.4) is 0 Å². The number of urea groups is 1. The first kappa shape index (κ1) is 17.3. The fourth-order valence-electron chi connectivity index (χ4n) is 2.82. The van der Waals surface area contributed by atoms with Crippen molar-refractivity contribution in [3.63, 3.8) is 0 Å². The van der Waals surface area contributed by atoms with Gasteiger partial charge in [-0.25, -0.2) is 4.79 Å². The third-order valence-electron chi connectivity index (χ3n) is 4.33. The minimum absolute atomic E-state index is 0.00196. The summed E-state index contributed by atoms with van der Waals surface area (Å²) in [5.41, 5.74) is 1.88. The van der Waals surface area contributed by atoms with Gasteiger partial charge in [-0.2, -0.15) is 0 Å². The highest BCUT2D eigenvalue weighted by atomic mass is 16.4. The SMILES string of the molecule is Cc1ccc([C@H](O)CNC(=O)NC2CCC(C(=O)O)CC2)cc1. The van der Waals surface area contributed by atoms with Crippen LogP contribution >= 0.6 is 0 Å². The lowest BCUT2D eigenvalue weighted by Crippen LogP contribution is -2.45. The van der Waals surface area contributed by atoms with Gasteiger partial charge in [0.25, 0.3) is 0 Å². The van der Waals surface area contributed by atoms with Crippen molar-refractivity contribution in [1.82, 2.24) is 10.6 Å². The van der Waals surface area contributed by atoms with Gasteiger partial charge in [-0.3, -0.25) is 4.79 Å². The van der Waals surface area contributed by atoms with E-state index in [1.54, 1.807) is 0 Å². The highest BCUT2D eigenvalue weighted by Gasteiger charge is 2.26. The highest BCUT2D eigenvalue weighted by molar-refractivity contribution is 5.74. The third kappa shape index (κ3) is 5.25. The van der Waals surface area contributed by atoms with Crippen molar-refractivity contribution in [1.29, 1.82) is 0 Å². The Bertz CT molecular complexity index is 536. The van der Waals surface area contributed by atoms with Crippen molar-refractivity contribution >= 4 is 12.0 Å². The van der Waals surface area contributed by atoms with Crippen molar-refractivity contribution in [3.05, 3.63) is 35.4 Å². The monoisotopic (exact) mass is 320 g/mol. The molecule has 1 aliphatic carbocycles. The standard InChI is InChI=1S/C17H24N2O4/c1-11-2-4-12(5-3-11)15(20)10-18-17(23)19-14-8-6-13(7-9-14)16(21)22/h2-5,13-15,20H,6-10H2,1H3,(H,21,22)(H2,18,19,23)/t13?,14?,15-/m1/s1. The number of aryl methyl sites for hydroxylation is 1. The molecule has 0 aliphatic heterocycles. The molecule has 2 rings (SSSR count). The molecule has 1 atom stereocenters. The normalized spacial score (nSPS) is 22.2. The Morgan fingerprint density at radius 2 is 1.78 bits per heavy atom. The Kier molecular flexibility index (Phi) is 5.98. The molecule has 1 saturated carbocycles. The fourth-order valence-corrected chi connectivity index (χ4v) is 2.82. The zero-order valence-corrected chi connectivity index (χ0v) is 13.3. The first-order valence-electron chi connectivity index (χ1n) is 7.97. The van der Waals surface area contributed by atoms with Crippen LogP contribution in [0.25, 0.3) is 0 Å². The summed E-state index contributed by atoms with van der Waals surface area (Å²) in [5.74, 6) is -1.05. The molecular formula is C17H24N2O4. The van der Waals surface area contributed by atoms with Crippen LogP contribution in [0.1, 0.15) is 42.9 Å². The minimum Gasteiger partial charge on any atom is -0.481 e. The second kappa shape index (κ2) is 7.97. The number of carboxylic acid groups (broad SMARTS) is 1. The van der Waals surface area contributed by atoms with E-state index < -0.39 is 12.1 Å². The summed E-state index contributed by atoms with van der Waals surface area (Å²) < 4.78 is 0. The summed E-state index contributed by atoms with van der Waals surface area (Å²) in [6.45, 7) is 2.11. The van der Waals surface area contributed by atoms with E-state index in [0.717, 1.165) is 11.1 Å². The van der Waals surface area contributed by atoms with Crippen LogP contribution in [0.4, 0.5) is 4.79 Å². The maximum Gasteiger partial charge on any atom is 0.315 e. The van der Waals surface area contributed by atoms with E-state index in [4.69, 9.17) is 5.11 Å². The van der Waals surface area contributed by atoms with Crippen LogP contribution in [0.5, 0.6) is 0 Å². The molecule has 6 nitrogen and oxygen atoms in total. The Hall–Kier alpha value is -2.08. The molecule has 0 aromatic heterocycles. The average molecular weight is 320 g/mol. The maximum atomic E-state index is 11.9. The second-order valence-corrected chi connectivity index (χ2v) is 6.17. The number of aliphatic hydroxyl groups excluding tert-OH is 1. The quantitative estimate of drug-likeness (QED) is 0.666. The van der Waals surface area contributed by atoms with Gasteiger partial charge in [-0.1, -0.05) is 29.8 Å². The molecule has 0 spiro atoms. The Morgan fingerprint density at radius 3 is 2.35 bits per heavy atom. The molecule has 1 fully saturated rings. The lowest BCUT2D eigenvalue weighted by molar-refractivity contribution is -0.142. The largest absolute Gasteiger partial charge is 0.481 e. The predicted molar refractivity (Wildman–Crippen MR) is 86.1 cm³/mol. The van der Waals surface area contributed by atoms with Crippen LogP contribution in [-0.2, 0) is 4.79 Å². The molecule has 126 valence electrons. The molecule has 2 amide bonds. The number of aliphatic hydroxyl groups is 1. The Labute approximate surface area is 135 Å². The molecule has 4 N–H and O–H groups in total. The van der Waals surface area contributed by atoms with Crippen molar-refractivity contribution in [3.8, 4) is 0 Å². The summed E-state index contributed by atoms with van der Waals surface area (Å²) in [7, 11) is 0. The first-order chi connectivity index (χ1) is 11.0. The van der Waals surface area contributed by atoms with E-state index in [0.29, 0.717) is 25.7 Å². The number of nitrogens with one attached hydrogen (secondary N) is 2. The van der Waals surface area contributed by atoms with E-state index in [1.165, 1.54) is 0 Å². The topological polar surface area (TPSA) is 98.7 Å². The van der Waals surface area contributed by atoms with Crippen LogP contribution in [-0.4, -0.2) is 34.8 Å². The van der Waals surface area contributed by atoms with Gasteiger partial charge < -0.3 is 20.8 Å². The van der Waals surface area contributed by atoms with Gasteiger partial charge in [0.15, 0.2) is 0 Å². The summed E-state index contributed by atoms with van der Waals surface area (Å²) in [6, 6.07) is 7.19. The maximum absolute atomic E-state index is 11.9. The lowest BCUT2D eigenvalue weighted by atomic mass is 9.86. The van der Waals surface area contributed by atoms with E-state index in [9.17, 15) is 14.7 Å². The minimum atomic E-state index is -0.755. The Morgan fingerprint density at radius 1 is 1.17 bits per heavy atom. The zero-order valence-electron chi connectivity index (χ0n) is 13.3. The molecule has 0 heterocycles. The number of aliphatic carboxylic acids is 1. The molecular weight excluding hydrogens is 296 g/mol. The Balaban J connectivity index is 1.71. The highest BCUT2D eigenvalue weighted by Crippen LogP contribution is 2.24. The van der Waals surface area contributed by atoms with Crippen LogP contribution in [0.2, 0.25) is 0 Å². The summed E-state index contributed by atoms with van der Waals surface area (Å²) >= 11 is 0. The number of hydrogen-bond acceptors (Lipinski definition) is 3. The van der Waals surface area contributed by atoms with Crippen molar-refractivity contribution in [2.24, 2.45) is 5.92 Å². The number of benzene rings is 1. The van der Waals surface area contributed by atoms with Gasteiger partial charge in [0.2, 0.25) is 0 Å². The molecule has 1 aromatic rings. The number of carbonyl (C=O) groups excluding carboxylic acids is 1. The van der Waals surface area contributed by atoms with E-state index in [1.807, 2.05) is 31.2 Å². The van der Waals surface area contributed by atoms with Crippen molar-refractivity contribution in [2.45, 2.75) is 44.8 Å². The smallest absolute Gasteiger partial charge is 0.315 e. The number of hydrogen-bond donors (Lipinski definition) is 4. The van der Waals surface area contributed by atoms with Gasteiger partial charge in [-0.15, -0.1) is 0 Å². The number of rotatable bonds is 5. The van der Waals surface area contributed by atoms with Gasteiger partial charge >= 0.3 is 12.0 Å². The molecule has 6 heteroatoms. The molecule has 0 radical (unpaired) electrons. The first-order valence-corrected chi connectivity index (χ1v) is 7.97. The fraction of sp³-hybridized carbons (Fsp3) is 0.529. The van der Waals surface area contributed by atoms with Crippen LogP contribution in [0, 0.1) is 12.8 Å². The van der Waals surface area contributed by atoms with Gasteiger partial charge in [0, 0.05) is 12.6 Å². The summed E-state index contributed by atoms with van der Waals surface area (Å²) in [4.78, 5) is 22.8. The zero-order chi connectivity index (χ0) is 16.8. The van der Waals surface area contributed by atoms with E-state index in [-0.39, 0.29) is 24.5 Å². The van der Waals surface area contributed by atoms with Crippen LogP contribution < -0.4 is 10.6 Å². The molecule has 1 aliphatic rings. The molecule has 0 saturated heterocycles. The van der Waals surface area contributed by atoms with E-state index >= 15 is 0 Å². The van der Waals surface area contributed by atoms with Crippen molar-refractivity contribution < 1.29 is 19.8 Å². The predicted octanol–water partition coefficient (Wildman–Crippen LogP) is 1.97. The number of carbonyl (C=O) groups is 2. The van der Waals surface area contributed by atoms with Crippen molar-refractivity contribution in [2.75, 3.05) is 6.54 Å². The lowest BCUT2D eigenvalue weighted by Gasteiger charge is -2.27. The summed E-state index contributed by atoms with van der Waals surface area (Å²) in [5, 5.41) is 24.5.